The van der Waals surface area contributed by atoms with Crippen LogP contribution in [0, 0.1) is 12.8 Å². The zero-order chi connectivity index (χ0) is 20.5. The van der Waals surface area contributed by atoms with Gasteiger partial charge in [0, 0.05) is 33.9 Å². The minimum atomic E-state index is -0.245. The van der Waals surface area contributed by atoms with Gasteiger partial charge in [0.15, 0.2) is 5.65 Å². The van der Waals surface area contributed by atoms with E-state index in [2.05, 4.69) is 39.1 Å². The average molecular weight is 391 g/mol. The van der Waals surface area contributed by atoms with Crippen molar-refractivity contribution in [3.8, 4) is 11.3 Å². The van der Waals surface area contributed by atoms with Gasteiger partial charge in [-0.05, 0) is 43.5 Å². The highest BCUT2D eigenvalue weighted by Gasteiger charge is 2.16. The molecule has 0 radical (unpaired) electrons. The fraction of sp³-hybridized carbons (Fsp3) is 0.318. The molecular weight excluding hydrogens is 366 g/mol. The summed E-state index contributed by atoms with van der Waals surface area (Å²) in [4.78, 5) is 28.1. The Bertz CT molecular complexity index is 1170. The second-order valence-corrected chi connectivity index (χ2v) is 7.85. The van der Waals surface area contributed by atoms with E-state index in [0.29, 0.717) is 11.5 Å². The molecule has 0 unspecified atom stereocenters. The molecule has 0 spiro atoms. The van der Waals surface area contributed by atoms with Crippen molar-refractivity contribution in [3.05, 3.63) is 47.9 Å². The summed E-state index contributed by atoms with van der Waals surface area (Å²) >= 11 is 0. The number of carbonyl (C=O) groups is 1. The van der Waals surface area contributed by atoms with Gasteiger partial charge in [0.05, 0.1) is 12.6 Å². The summed E-state index contributed by atoms with van der Waals surface area (Å²) in [5, 5.41) is 13.5. The number of aromatic amines is 2. The van der Waals surface area contributed by atoms with Crippen molar-refractivity contribution in [2.75, 3.05) is 6.61 Å². The number of rotatable bonds is 6. The smallest absolute Gasteiger partial charge is 0.251 e. The van der Waals surface area contributed by atoms with E-state index >= 15 is 0 Å². The fourth-order valence-corrected chi connectivity index (χ4v) is 3.67. The lowest BCUT2D eigenvalue weighted by molar-refractivity contribution is 0.0908. The summed E-state index contributed by atoms with van der Waals surface area (Å²) in [5.74, 6) is 1.02. The number of nitrogens with zero attached hydrogens (tertiary/aromatic N) is 2. The van der Waals surface area contributed by atoms with Crippen molar-refractivity contribution >= 4 is 28.0 Å². The molecule has 0 saturated heterocycles. The quantitative estimate of drug-likeness (QED) is 0.403. The number of hydrogen-bond acceptors (Lipinski definition) is 4. The highest BCUT2D eigenvalue weighted by molar-refractivity contribution is 6.00. The third kappa shape index (κ3) is 3.86. The molecule has 0 saturated carbocycles. The SMILES string of the molecule is Cc1nc2c(-c3cc4ccc(C(=O)N[C@@H](CO)CC(C)C)cc4[nH]3)ccnc2[nH]1. The van der Waals surface area contributed by atoms with Gasteiger partial charge in [0.25, 0.3) is 5.91 Å². The molecule has 0 aliphatic rings. The van der Waals surface area contributed by atoms with Crippen molar-refractivity contribution in [3.63, 3.8) is 0 Å². The van der Waals surface area contributed by atoms with E-state index in [1.54, 1.807) is 12.3 Å². The molecule has 3 heterocycles. The second-order valence-electron chi connectivity index (χ2n) is 7.85. The Morgan fingerprint density at radius 1 is 1.21 bits per heavy atom. The van der Waals surface area contributed by atoms with Gasteiger partial charge in [-0.25, -0.2) is 9.97 Å². The van der Waals surface area contributed by atoms with Gasteiger partial charge in [-0.15, -0.1) is 0 Å². The van der Waals surface area contributed by atoms with Crippen molar-refractivity contribution in [1.82, 2.24) is 25.3 Å². The molecule has 1 atom stereocenters. The van der Waals surface area contributed by atoms with E-state index in [1.165, 1.54) is 0 Å². The number of aliphatic hydroxyl groups is 1. The van der Waals surface area contributed by atoms with Gasteiger partial charge in [-0.2, -0.15) is 0 Å². The maximum Gasteiger partial charge on any atom is 0.251 e. The number of pyridine rings is 1. The second kappa shape index (κ2) is 7.67. The highest BCUT2D eigenvalue weighted by atomic mass is 16.3. The molecule has 0 fully saturated rings. The molecule has 1 amide bonds. The van der Waals surface area contributed by atoms with Crippen molar-refractivity contribution in [2.24, 2.45) is 5.92 Å². The molecular formula is C22H25N5O2. The lowest BCUT2D eigenvalue weighted by Crippen LogP contribution is -2.38. The van der Waals surface area contributed by atoms with Gasteiger partial charge in [-0.3, -0.25) is 4.79 Å². The molecule has 7 heteroatoms. The number of aryl methyl sites for hydroxylation is 1. The molecule has 4 aromatic rings. The van der Waals surface area contributed by atoms with E-state index in [4.69, 9.17) is 0 Å². The number of amides is 1. The molecule has 0 aliphatic heterocycles. The van der Waals surface area contributed by atoms with Gasteiger partial charge in [0.1, 0.15) is 11.3 Å². The normalized spacial score (nSPS) is 12.7. The first-order valence-electron chi connectivity index (χ1n) is 9.80. The third-order valence-electron chi connectivity index (χ3n) is 4.99. The van der Waals surface area contributed by atoms with E-state index < -0.39 is 0 Å². The fourth-order valence-electron chi connectivity index (χ4n) is 3.67. The first kappa shape index (κ1) is 19.1. The van der Waals surface area contributed by atoms with Crippen LogP contribution < -0.4 is 5.32 Å². The number of benzene rings is 1. The number of aromatic nitrogens is 4. The third-order valence-corrected chi connectivity index (χ3v) is 4.99. The summed E-state index contributed by atoms with van der Waals surface area (Å²) in [6.45, 7) is 5.97. The van der Waals surface area contributed by atoms with Crippen LogP contribution in [0.1, 0.15) is 36.5 Å². The van der Waals surface area contributed by atoms with Crippen LogP contribution in [-0.4, -0.2) is 43.6 Å². The average Bonchev–Trinajstić information content (AvgIpc) is 3.28. The van der Waals surface area contributed by atoms with Gasteiger partial charge < -0.3 is 20.4 Å². The minimum Gasteiger partial charge on any atom is -0.394 e. The van der Waals surface area contributed by atoms with Crippen LogP contribution in [0.5, 0.6) is 0 Å². The number of H-pyrrole nitrogens is 2. The van der Waals surface area contributed by atoms with Gasteiger partial charge in [0.2, 0.25) is 0 Å². The lowest BCUT2D eigenvalue weighted by atomic mass is 10.0. The number of fused-ring (bicyclic) bond motifs is 2. The molecule has 3 aromatic heterocycles. The zero-order valence-corrected chi connectivity index (χ0v) is 16.8. The molecule has 4 N–H and O–H groups in total. The molecule has 1 aromatic carbocycles. The first-order valence-corrected chi connectivity index (χ1v) is 9.80. The molecule has 0 aliphatic carbocycles. The largest absolute Gasteiger partial charge is 0.394 e. The number of imidazole rings is 1. The van der Waals surface area contributed by atoms with Gasteiger partial charge >= 0.3 is 0 Å². The molecule has 29 heavy (non-hydrogen) atoms. The summed E-state index contributed by atoms with van der Waals surface area (Å²) in [6, 6.07) is 9.30. The van der Waals surface area contributed by atoms with E-state index in [9.17, 15) is 9.90 Å². The van der Waals surface area contributed by atoms with Crippen LogP contribution in [0.3, 0.4) is 0 Å². The number of aliphatic hydroxyl groups excluding tert-OH is 1. The van der Waals surface area contributed by atoms with Crippen molar-refractivity contribution < 1.29 is 9.90 Å². The predicted molar refractivity (Wildman–Crippen MR) is 114 cm³/mol. The van der Waals surface area contributed by atoms with E-state index in [0.717, 1.165) is 45.6 Å². The number of nitrogens with one attached hydrogen (secondary N) is 3. The molecule has 0 bridgehead atoms. The number of hydrogen-bond donors (Lipinski definition) is 4. The zero-order valence-electron chi connectivity index (χ0n) is 16.8. The topological polar surface area (TPSA) is 107 Å². The first-order chi connectivity index (χ1) is 13.9. The Kier molecular flexibility index (Phi) is 5.07. The van der Waals surface area contributed by atoms with E-state index in [1.807, 2.05) is 31.2 Å². The monoisotopic (exact) mass is 391 g/mol. The Hall–Kier alpha value is -3.19. The van der Waals surface area contributed by atoms with Crippen LogP contribution in [-0.2, 0) is 0 Å². The van der Waals surface area contributed by atoms with E-state index in [-0.39, 0.29) is 18.6 Å². The Labute approximate surface area is 168 Å². The van der Waals surface area contributed by atoms with Crippen LogP contribution in [0.15, 0.2) is 36.5 Å². The maximum absolute atomic E-state index is 12.6. The van der Waals surface area contributed by atoms with Crippen LogP contribution in [0.25, 0.3) is 33.3 Å². The molecule has 4 rings (SSSR count). The minimum absolute atomic E-state index is 0.0695. The van der Waals surface area contributed by atoms with Crippen LogP contribution in [0.4, 0.5) is 0 Å². The Morgan fingerprint density at radius 2 is 2.03 bits per heavy atom. The Morgan fingerprint density at radius 3 is 2.79 bits per heavy atom. The van der Waals surface area contributed by atoms with Crippen LogP contribution >= 0.6 is 0 Å². The summed E-state index contributed by atoms with van der Waals surface area (Å²) in [5.41, 5.74) is 4.87. The Balaban J connectivity index is 1.65. The lowest BCUT2D eigenvalue weighted by Gasteiger charge is -2.18. The van der Waals surface area contributed by atoms with Gasteiger partial charge in [-0.1, -0.05) is 19.9 Å². The summed E-state index contributed by atoms with van der Waals surface area (Å²) in [6.07, 6.45) is 2.49. The number of carbonyl (C=O) groups excluding carboxylic acids is 1. The van der Waals surface area contributed by atoms with Crippen molar-refractivity contribution in [2.45, 2.75) is 33.2 Å². The van der Waals surface area contributed by atoms with Crippen LogP contribution in [0.2, 0.25) is 0 Å². The summed E-state index contributed by atoms with van der Waals surface area (Å²) < 4.78 is 0. The maximum atomic E-state index is 12.6. The molecule has 150 valence electrons. The molecule has 7 nitrogen and oxygen atoms in total. The summed E-state index contributed by atoms with van der Waals surface area (Å²) in [7, 11) is 0. The predicted octanol–water partition coefficient (Wildman–Crippen LogP) is 3.55. The standard InChI is InChI=1S/C22H25N5O2/c1-12(2)8-16(11-28)26-22(29)15-5-4-14-9-19(27-18(14)10-15)17-6-7-23-21-20(17)24-13(3)25-21/h4-7,9-10,12,16,27-28H,8,11H2,1-3H3,(H,26,29)(H,23,24,25)/t16-/m1/s1. The van der Waals surface area contributed by atoms with Crippen molar-refractivity contribution in [1.29, 1.82) is 0 Å². The highest BCUT2D eigenvalue weighted by Crippen LogP contribution is 2.29.